The number of fused-ring (bicyclic) bond motifs is 1. The van der Waals surface area contributed by atoms with E-state index in [0.717, 1.165) is 18.7 Å². The van der Waals surface area contributed by atoms with E-state index in [-0.39, 0.29) is 12.0 Å². The molecular formula is C20H21NO2. The normalized spacial score (nSPS) is 27.0. The Hall–Kier alpha value is -2.13. The number of benzene rings is 2. The molecule has 3 heteroatoms. The van der Waals surface area contributed by atoms with E-state index in [1.165, 1.54) is 24.0 Å². The summed E-state index contributed by atoms with van der Waals surface area (Å²) < 4.78 is 0. The van der Waals surface area contributed by atoms with Crippen LogP contribution in [0.1, 0.15) is 41.5 Å². The maximum atomic E-state index is 12.2. The number of hydrogen-bond acceptors (Lipinski definition) is 2. The minimum atomic E-state index is -0.688. The van der Waals surface area contributed by atoms with E-state index in [9.17, 15) is 9.90 Å². The Morgan fingerprint density at radius 1 is 0.913 bits per heavy atom. The number of rotatable bonds is 3. The average Bonchev–Trinajstić information content (AvgIpc) is 3.20. The van der Waals surface area contributed by atoms with Gasteiger partial charge in [-0.05, 0) is 42.6 Å². The molecule has 1 aliphatic carbocycles. The summed E-state index contributed by atoms with van der Waals surface area (Å²) in [6.45, 7) is 2.01. The highest BCUT2D eigenvalue weighted by molar-refractivity contribution is 5.76. The lowest BCUT2D eigenvalue weighted by Crippen LogP contribution is -2.34. The zero-order valence-electron chi connectivity index (χ0n) is 13.1. The van der Waals surface area contributed by atoms with Crippen LogP contribution in [0.4, 0.5) is 0 Å². The quantitative estimate of drug-likeness (QED) is 0.940. The van der Waals surface area contributed by atoms with Gasteiger partial charge in [0.05, 0.1) is 5.92 Å². The Kier molecular flexibility index (Phi) is 3.66. The van der Waals surface area contributed by atoms with Crippen molar-refractivity contribution < 1.29 is 9.90 Å². The van der Waals surface area contributed by atoms with Gasteiger partial charge in [-0.25, -0.2) is 0 Å². The number of likely N-dealkylation sites (tertiary alicyclic amines) is 1. The van der Waals surface area contributed by atoms with Gasteiger partial charge >= 0.3 is 5.97 Å². The van der Waals surface area contributed by atoms with Gasteiger partial charge in [-0.1, -0.05) is 54.6 Å². The number of hydrogen-bond donors (Lipinski definition) is 1. The number of carboxylic acids is 1. The summed E-state index contributed by atoms with van der Waals surface area (Å²) in [5, 5.41) is 10.0. The largest absolute Gasteiger partial charge is 0.481 e. The van der Waals surface area contributed by atoms with E-state index >= 15 is 0 Å². The van der Waals surface area contributed by atoms with Crippen LogP contribution in [0.3, 0.4) is 0 Å². The second-order valence-electron chi connectivity index (χ2n) is 6.57. The second kappa shape index (κ2) is 5.82. The summed E-state index contributed by atoms with van der Waals surface area (Å²) in [5.41, 5.74) is 3.49. The zero-order chi connectivity index (χ0) is 15.8. The van der Waals surface area contributed by atoms with Crippen molar-refractivity contribution in [3.63, 3.8) is 0 Å². The van der Waals surface area contributed by atoms with E-state index < -0.39 is 11.9 Å². The summed E-state index contributed by atoms with van der Waals surface area (Å²) in [6.07, 6.45) is 2.34. The van der Waals surface area contributed by atoms with Gasteiger partial charge in [0.2, 0.25) is 0 Å². The molecule has 3 nitrogen and oxygen atoms in total. The van der Waals surface area contributed by atoms with Gasteiger partial charge in [-0.2, -0.15) is 0 Å². The van der Waals surface area contributed by atoms with Crippen LogP contribution in [0, 0.1) is 5.92 Å². The highest BCUT2D eigenvalue weighted by Crippen LogP contribution is 2.51. The Morgan fingerprint density at radius 2 is 1.52 bits per heavy atom. The highest BCUT2D eigenvalue weighted by Gasteiger charge is 2.48. The first-order valence-corrected chi connectivity index (χ1v) is 8.38. The molecule has 1 heterocycles. The maximum absolute atomic E-state index is 12.2. The van der Waals surface area contributed by atoms with Crippen LogP contribution in [0.15, 0.2) is 54.6 Å². The van der Waals surface area contributed by atoms with Crippen LogP contribution in [-0.4, -0.2) is 29.1 Å². The summed E-state index contributed by atoms with van der Waals surface area (Å²) in [4.78, 5) is 14.6. The van der Waals surface area contributed by atoms with Crippen molar-refractivity contribution in [2.45, 2.75) is 24.8 Å². The molecule has 118 valence electrons. The van der Waals surface area contributed by atoms with Crippen LogP contribution < -0.4 is 0 Å². The first kappa shape index (κ1) is 14.5. The predicted octanol–water partition coefficient (Wildman–Crippen LogP) is 3.67. The van der Waals surface area contributed by atoms with Crippen molar-refractivity contribution in [2.75, 3.05) is 13.1 Å². The molecule has 0 amide bonds. The monoisotopic (exact) mass is 307 g/mol. The lowest BCUT2D eigenvalue weighted by atomic mass is 9.84. The van der Waals surface area contributed by atoms with Gasteiger partial charge in [0, 0.05) is 12.0 Å². The third-order valence-electron chi connectivity index (χ3n) is 5.33. The minimum absolute atomic E-state index is 0.00333. The Labute approximate surface area is 136 Å². The fourth-order valence-corrected chi connectivity index (χ4v) is 4.40. The molecule has 0 spiro atoms. The van der Waals surface area contributed by atoms with Gasteiger partial charge in [-0.15, -0.1) is 0 Å². The summed E-state index contributed by atoms with van der Waals surface area (Å²) >= 11 is 0. The van der Waals surface area contributed by atoms with Crippen LogP contribution >= 0.6 is 0 Å². The second-order valence-corrected chi connectivity index (χ2v) is 6.57. The van der Waals surface area contributed by atoms with E-state index in [1.54, 1.807) is 0 Å². The molecule has 23 heavy (non-hydrogen) atoms. The average molecular weight is 307 g/mol. The van der Waals surface area contributed by atoms with E-state index in [4.69, 9.17) is 0 Å². The van der Waals surface area contributed by atoms with Crippen molar-refractivity contribution in [1.29, 1.82) is 0 Å². The molecule has 2 aromatic carbocycles. The molecule has 1 saturated heterocycles. The van der Waals surface area contributed by atoms with Crippen molar-refractivity contribution in [1.82, 2.24) is 4.90 Å². The van der Waals surface area contributed by atoms with E-state index in [1.807, 2.05) is 30.3 Å². The van der Waals surface area contributed by atoms with Crippen molar-refractivity contribution in [2.24, 2.45) is 5.92 Å². The summed E-state index contributed by atoms with van der Waals surface area (Å²) in [7, 11) is 0. The van der Waals surface area contributed by atoms with Crippen molar-refractivity contribution in [3.05, 3.63) is 71.3 Å². The summed E-state index contributed by atoms with van der Waals surface area (Å²) in [5.74, 6) is -1.16. The molecule has 1 fully saturated rings. The number of carbonyl (C=O) groups is 1. The molecule has 2 aliphatic rings. The van der Waals surface area contributed by atoms with Crippen molar-refractivity contribution in [3.8, 4) is 0 Å². The molecule has 2 aromatic rings. The predicted molar refractivity (Wildman–Crippen MR) is 89.4 cm³/mol. The van der Waals surface area contributed by atoms with Gasteiger partial charge in [0.15, 0.2) is 0 Å². The molecule has 4 rings (SSSR count). The van der Waals surface area contributed by atoms with Crippen LogP contribution in [0.5, 0.6) is 0 Å². The maximum Gasteiger partial charge on any atom is 0.309 e. The Balaban J connectivity index is 1.86. The zero-order valence-corrected chi connectivity index (χ0v) is 13.1. The third-order valence-corrected chi connectivity index (χ3v) is 5.33. The van der Waals surface area contributed by atoms with Crippen LogP contribution in [0.2, 0.25) is 0 Å². The number of carboxylic acid groups (broad SMARTS) is 1. The lowest BCUT2D eigenvalue weighted by Gasteiger charge is -2.29. The topological polar surface area (TPSA) is 40.5 Å². The fraction of sp³-hybridized carbons (Fsp3) is 0.350. The SMILES string of the molecule is O=C(O)[C@@H]1[C@@H](c2ccccc2)c2ccccc2[C@H]1N1CCCC1. The Morgan fingerprint density at radius 3 is 2.17 bits per heavy atom. The standard InChI is InChI=1S/C20H21NO2/c22-20(23)18-17(14-8-2-1-3-9-14)15-10-4-5-11-16(15)19(18)21-12-6-7-13-21/h1-5,8-11,17-19H,6-7,12-13H2,(H,22,23)/t17-,18+,19+/m0/s1. The fourth-order valence-electron chi connectivity index (χ4n) is 4.40. The van der Waals surface area contributed by atoms with E-state index in [2.05, 4.69) is 29.2 Å². The summed E-state index contributed by atoms with van der Waals surface area (Å²) in [6, 6.07) is 18.4. The van der Waals surface area contributed by atoms with Gasteiger partial charge in [0.1, 0.15) is 0 Å². The molecule has 0 saturated carbocycles. The minimum Gasteiger partial charge on any atom is -0.481 e. The third kappa shape index (κ3) is 2.36. The van der Waals surface area contributed by atoms with Gasteiger partial charge in [-0.3, -0.25) is 9.69 Å². The molecule has 3 atom stereocenters. The molecule has 0 radical (unpaired) electrons. The first-order chi connectivity index (χ1) is 11.3. The lowest BCUT2D eigenvalue weighted by molar-refractivity contribution is -0.144. The van der Waals surface area contributed by atoms with E-state index in [0.29, 0.717) is 0 Å². The molecule has 0 aromatic heterocycles. The molecule has 1 aliphatic heterocycles. The molecule has 0 unspecified atom stereocenters. The van der Waals surface area contributed by atoms with Crippen molar-refractivity contribution >= 4 is 5.97 Å². The van der Waals surface area contributed by atoms with Gasteiger partial charge in [0.25, 0.3) is 0 Å². The molecule has 1 N–H and O–H groups in total. The molecule has 0 bridgehead atoms. The number of aliphatic carboxylic acids is 1. The van der Waals surface area contributed by atoms with Crippen LogP contribution in [-0.2, 0) is 4.79 Å². The first-order valence-electron chi connectivity index (χ1n) is 8.38. The Bertz CT molecular complexity index is 707. The highest BCUT2D eigenvalue weighted by atomic mass is 16.4. The number of nitrogens with zero attached hydrogens (tertiary/aromatic N) is 1. The smallest absolute Gasteiger partial charge is 0.309 e. The molecular weight excluding hydrogens is 286 g/mol. The van der Waals surface area contributed by atoms with Crippen LogP contribution in [0.25, 0.3) is 0 Å². The van der Waals surface area contributed by atoms with Gasteiger partial charge < -0.3 is 5.11 Å².